The van der Waals surface area contributed by atoms with Gasteiger partial charge in [-0.1, -0.05) is 20.8 Å². The minimum atomic E-state index is 0. The van der Waals surface area contributed by atoms with Crippen LogP contribution in [0.5, 0.6) is 0 Å². The van der Waals surface area contributed by atoms with Gasteiger partial charge in [-0.15, -0.1) is 24.0 Å². The number of piperidine rings is 1. The van der Waals surface area contributed by atoms with E-state index < -0.39 is 0 Å². The monoisotopic (exact) mass is 499 g/mol. The summed E-state index contributed by atoms with van der Waals surface area (Å²) in [4.78, 5) is 16.0. The van der Waals surface area contributed by atoms with Gasteiger partial charge in [0.2, 0.25) is 0 Å². The van der Waals surface area contributed by atoms with Crippen LogP contribution < -0.4 is 5.32 Å². The molecule has 3 heterocycles. The summed E-state index contributed by atoms with van der Waals surface area (Å²) in [5.41, 5.74) is 0. The number of hydrogen-bond donors (Lipinski definition) is 1. The number of aliphatic imine (C=N–C) groups is 1. The van der Waals surface area contributed by atoms with E-state index in [9.17, 15) is 0 Å². The van der Waals surface area contributed by atoms with E-state index >= 15 is 0 Å². The van der Waals surface area contributed by atoms with E-state index in [-0.39, 0.29) is 24.0 Å². The molecule has 1 saturated heterocycles. The van der Waals surface area contributed by atoms with E-state index in [1.165, 1.54) is 0 Å². The topological polar surface area (TPSA) is 63.3 Å². The van der Waals surface area contributed by atoms with Gasteiger partial charge >= 0.3 is 0 Å². The van der Waals surface area contributed by atoms with Gasteiger partial charge in [-0.3, -0.25) is 0 Å². The number of halogens is 1. The van der Waals surface area contributed by atoms with Crippen molar-refractivity contribution in [3.8, 4) is 0 Å². The van der Waals surface area contributed by atoms with Gasteiger partial charge in [-0.05, 0) is 25.2 Å². The minimum Gasteiger partial charge on any atom is -0.357 e. The van der Waals surface area contributed by atoms with Gasteiger partial charge in [-0.2, -0.15) is 0 Å². The lowest BCUT2D eigenvalue weighted by Crippen LogP contribution is -2.49. The molecule has 1 fully saturated rings. The van der Waals surface area contributed by atoms with Gasteiger partial charge in [-0.25, -0.2) is 15.0 Å². The Morgan fingerprint density at radius 1 is 1.32 bits per heavy atom. The van der Waals surface area contributed by atoms with E-state index in [4.69, 9.17) is 4.99 Å². The maximum absolute atomic E-state index is 4.91. The van der Waals surface area contributed by atoms with Crippen molar-refractivity contribution in [3.05, 3.63) is 36.9 Å². The fourth-order valence-electron chi connectivity index (χ4n) is 3.72. The predicted octanol–water partition coefficient (Wildman–Crippen LogP) is 3.40. The highest BCUT2D eigenvalue weighted by atomic mass is 127. The Kier molecular flexibility index (Phi) is 8.78. The molecule has 2 aromatic heterocycles. The largest absolute Gasteiger partial charge is 0.357 e. The Morgan fingerprint density at radius 2 is 2.14 bits per heavy atom. The van der Waals surface area contributed by atoms with Gasteiger partial charge in [0.15, 0.2) is 5.96 Å². The number of likely N-dealkylation sites (tertiary alicyclic amines) is 1. The van der Waals surface area contributed by atoms with Crippen LogP contribution in [0.15, 0.2) is 36.1 Å². The first kappa shape index (κ1) is 22.7. The Hall–Kier alpha value is -1.58. The van der Waals surface area contributed by atoms with E-state index in [2.05, 4.69) is 69.4 Å². The number of nitrogens with one attached hydrogen (secondary N) is 1. The number of imidazole rings is 2. The molecule has 0 aromatic carbocycles. The number of rotatable bonds is 6. The molecule has 28 heavy (non-hydrogen) atoms. The highest BCUT2D eigenvalue weighted by Crippen LogP contribution is 2.27. The van der Waals surface area contributed by atoms with Gasteiger partial charge in [0.25, 0.3) is 0 Å². The first-order valence-corrected chi connectivity index (χ1v) is 10.1. The van der Waals surface area contributed by atoms with Crippen molar-refractivity contribution >= 4 is 29.9 Å². The van der Waals surface area contributed by atoms with Crippen LogP contribution in [-0.4, -0.2) is 49.6 Å². The summed E-state index contributed by atoms with van der Waals surface area (Å²) >= 11 is 0. The molecule has 0 radical (unpaired) electrons. The smallest absolute Gasteiger partial charge is 0.194 e. The van der Waals surface area contributed by atoms with Crippen LogP contribution in [0.25, 0.3) is 0 Å². The van der Waals surface area contributed by atoms with Crippen molar-refractivity contribution in [2.24, 2.45) is 16.8 Å². The van der Waals surface area contributed by atoms with E-state index in [0.29, 0.717) is 24.4 Å². The molecule has 0 amide bonds. The van der Waals surface area contributed by atoms with Gasteiger partial charge in [0, 0.05) is 51.0 Å². The Bertz CT molecular complexity index is 723. The molecular weight excluding hydrogens is 465 g/mol. The summed E-state index contributed by atoms with van der Waals surface area (Å²) in [6.07, 6.45) is 10.9. The van der Waals surface area contributed by atoms with Crippen molar-refractivity contribution < 1.29 is 0 Å². The van der Waals surface area contributed by atoms with Gasteiger partial charge in [0.05, 0.1) is 12.4 Å². The Balaban J connectivity index is 0.00000280. The van der Waals surface area contributed by atoms with Crippen LogP contribution in [-0.2, 0) is 13.1 Å². The fraction of sp³-hybridized carbons (Fsp3) is 0.650. The van der Waals surface area contributed by atoms with E-state index in [1.807, 2.05) is 18.7 Å². The standard InChI is InChI=1S/C20H33N7.HI/c1-5-22-20(24-12-19-23-8-11-25(19)13-16(2)3)26-9-6-17(4)18(14-26)27-10-7-21-15-27;/h7-8,10-11,15-18H,5-6,9,12-14H2,1-4H3,(H,22,24);1H. The van der Waals surface area contributed by atoms with Crippen molar-refractivity contribution in [2.45, 2.75) is 53.2 Å². The first-order valence-electron chi connectivity index (χ1n) is 10.1. The second-order valence-electron chi connectivity index (χ2n) is 7.85. The lowest BCUT2D eigenvalue weighted by atomic mass is 9.93. The molecule has 3 rings (SSSR count). The summed E-state index contributed by atoms with van der Waals surface area (Å²) in [6.45, 7) is 13.3. The summed E-state index contributed by atoms with van der Waals surface area (Å²) in [7, 11) is 0. The highest BCUT2D eigenvalue weighted by molar-refractivity contribution is 14.0. The molecular formula is C20H34IN7. The lowest BCUT2D eigenvalue weighted by Gasteiger charge is -2.39. The fourth-order valence-corrected chi connectivity index (χ4v) is 3.72. The van der Waals surface area contributed by atoms with Gasteiger partial charge < -0.3 is 19.4 Å². The molecule has 7 nitrogen and oxygen atoms in total. The normalized spacial score (nSPS) is 20.3. The minimum absolute atomic E-state index is 0. The third-order valence-electron chi connectivity index (χ3n) is 5.19. The molecule has 156 valence electrons. The maximum atomic E-state index is 4.91. The van der Waals surface area contributed by atoms with Crippen LogP contribution in [0.1, 0.15) is 46.0 Å². The number of aromatic nitrogens is 4. The zero-order valence-corrected chi connectivity index (χ0v) is 19.8. The predicted molar refractivity (Wildman–Crippen MR) is 124 cm³/mol. The van der Waals surface area contributed by atoms with Gasteiger partial charge in [0.1, 0.15) is 12.4 Å². The van der Waals surface area contributed by atoms with Crippen molar-refractivity contribution in [1.29, 1.82) is 0 Å². The molecule has 0 aliphatic carbocycles. The van der Waals surface area contributed by atoms with E-state index in [0.717, 1.165) is 44.4 Å². The maximum Gasteiger partial charge on any atom is 0.194 e. The molecule has 0 spiro atoms. The number of guanidine groups is 1. The lowest BCUT2D eigenvalue weighted by molar-refractivity contribution is 0.189. The highest BCUT2D eigenvalue weighted by Gasteiger charge is 2.28. The SMILES string of the molecule is CCNC(=NCc1nccn1CC(C)C)N1CCC(C)C(n2ccnc2)C1.I. The van der Waals surface area contributed by atoms with Crippen molar-refractivity contribution in [2.75, 3.05) is 19.6 Å². The summed E-state index contributed by atoms with van der Waals surface area (Å²) in [5, 5.41) is 3.47. The zero-order chi connectivity index (χ0) is 19.2. The number of hydrogen-bond acceptors (Lipinski definition) is 3. The molecule has 8 heteroatoms. The Labute approximate surface area is 185 Å². The van der Waals surface area contributed by atoms with Crippen molar-refractivity contribution in [1.82, 2.24) is 29.3 Å². The quantitative estimate of drug-likeness (QED) is 0.376. The molecule has 2 atom stereocenters. The molecule has 2 unspecified atom stereocenters. The summed E-state index contributed by atoms with van der Waals surface area (Å²) in [5.74, 6) is 3.22. The molecule has 0 bridgehead atoms. The van der Waals surface area contributed by atoms with Crippen LogP contribution >= 0.6 is 24.0 Å². The van der Waals surface area contributed by atoms with Crippen LogP contribution in [0.2, 0.25) is 0 Å². The summed E-state index contributed by atoms with van der Waals surface area (Å²) in [6, 6.07) is 0.424. The Morgan fingerprint density at radius 3 is 2.82 bits per heavy atom. The third-order valence-corrected chi connectivity index (χ3v) is 5.19. The van der Waals surface area contributed by atoms with Crippen LogP contribution in [0.4, 0.5) is 0 Å². The molecule has 1 aliphatic rings. The van der Waals surface area contributed by atoms with Crippen LogP contribution in [0, 0.1) is 11.8 Å². The average Bonchev–Trinajstić information content (AvgIpc) is 3.31. The number of nitrogens with zero attached hydrogens (tertiary/aromatic N) is 6. The zero-order valence-electron chi connectivity index (χ0n) is 17.5. The molecule has 1 aliphatic heterocycles. The molecule has 1 N–H and O–H groups in total. The third kappa shape index (κ3) is 5.71. The first-order chi connectivity index (χ1) is 13.1. The van der Waals surface area contributed by atoms with E-state index in [1.54, 1.807) is 0 Å². The average molecular weight is 499 g/mol. The molecule has 0 saturated carbocycles. The van der Waals surface area contributed by atoms with Crippen LogP contribution in [0.3, 0.4) is 0 Å². The summed E-state index contributed by atoms with van der Waals surface area (Å²) < 4.78 is 4.44. The van der Waals surface area contributed by atoms with Crippen molar-refractivity contribution in [3.63, 3.8) is 0 Å². The molecule has 2 aromatic rings. The second kappa shape index (κ2) is 10.8. The second-order valence-corrected chi connectivity index (χ2v) is 7.85.